The monoisotopic (exact) mass is 222 g/mol. The topological polar surface area (TPSA) is 35.5 Å². The van der Waals surface area contributed by atoms with Gasteiger partial charge in [-0.3, -0.25) is 4.79 Å². The summed E-state index contributed by atoms with van der Waals surface area (Å²) in [6.07, 6.45) is -3.40. The number of rotatable bonds is 4. The number of ketones is 1. The highest BCUT2D eigenvalue weighted by molar-refractivity contribution is 5.79. The Balaban J connectivity index is 3.89. The number of ether oxygens (including phenoxy) is 2. The Bertz CT molecular complexity index is 768. The Hall–Kier alpha value is -1.51. The Kier molecular flexibility index (Phi) is 0.895. The molecule has 1 aromatic carbocycles. The fourth-order valence-electron chi connectivity index (χ4n) is 0.949. The zero-order valence-corrected chi connectivity index (χ0v) is 7.38. The minimum Gasteiger partial charge on any atom is -0.496 e. The average molecular weight is 222 g/mol. The number of aryl methyl sites for hydroxylation is 1. The molecule has 0 unspecified atom stereocenters. The van der Waals surface area contributed by atoms with E-state index in [1.54, 1.807) is 0 Å². The first-order chi connectivity index (χ1) is 12.6. The first-order valence-electron chi connectivity index (χ1n) is 10.7. The van der Waals surface area contributed by atoms with Gasteiger partial charge in [0.2, 0.25) is 0 Å². The van der Waals surface area contributed by atoms with E-state index < -0.39 is 62.6 Å². The van der Waals surface area contributed by atoms with E-state index in [0.717, 1.165) is 0 Å². The molecular formula is C12H16O3. The predicted octanol–water partition coefficient (Wildman–Crippen LogP) is 2.14. The summed E-state index contributed by atoms with van der Waals surface area (Å²) in [5.41, 5.74) is -1.85. The van der Waals surface area contributed by atoms with Crippen LogP contribution in [0.5, 0.6) is 11.5 Å². The number of hydrogen-bond acceptors (Lipinski definition) is 3. The van der Waals surface area contributed by atoms with Gasteiger partial charge in [-0.1, -0.05) is 0 Å². The van der Waals surface area contributed by atoms with E-state index in [2.05, 4.69) is 9.47 Å². The summed E-state index contributed by atoms with van der Waals surface area (Å²) in [5, 5.41) is 0. The van der Waals surface area contributed by atoms with Crippen LogP contribution in [0, 0.1) is 6.85 Å². The molecule has 0 fully saturated rings. The molecule has 0 saturated carbocycles. The standard InChI is InChI=1S/C12H16O3/c1-8-5-12(15-4)10(6-9(2)13)7-11(8)14-3/h5,7H,6H2,1-4H3/i1D3,2D3,3D3,4D3,6D2. The second-order valence-electron chi connectivity index (χ2n) is 2.50. The molecule has 0 aliphatic heterocycles. The van der Waals surface area contributed by atoms with Crippen LogP contribution in [0.1, 0.15) is 37.2 Å². The van der Waals surface area contributed by atoms with Gasteiger partial charge in [-0.15, -0.1) is 0 Å². The number of Topliss-reactive ketones (excluding diaryl/α,β-unsaturated/α-hetero) is 1. The maximum atomic E-state index is 12.1. The van der Waals surface area contributed by atoms with Gasteiger partial charge in [0.25, 0.3) is 0 Å². The Morgan fingerprint density at radius 3 is 2.87 bits per heavy atom. The van der Waals surface area contributed by atoms with E-state index in [4.69, 9.17) is 19.2 Å². The summed E-state index contributed by atoms with van der Waals surface area (Å²) < 4.78 is 112. The third kappa shape index (κ3) is 2.72. The molecule has 0 spiro atoms. The molecule has 0 amide bonds. The number of benzene rings is 1. The lowest BCUT2D eigenvalue weighted by Crippen LogP contribution is -2.01. The minimum atomic E-state index is -3.45. The Morgan fingerprint density at radius 2 is 2.20 bits per heavy atom. The van der Waals surface area contributed by atoms with E-state index >= 15 is 0 Å². The fourth-order valence-corrected chi connectivity index (χ4v) is 0.949. The highest BCUT2D eigenvalue weighted by Crippen LogP contribution is 2.28. The van der Waals surface area contributed by atoms with Crippen LogP contribution >= 0.6 is 0 Å². The molecule has 0 aromatic heterocycles. The van der Waals surface area contributed by atoms with Crippen LogP contribution in [0.15, 0.2) is 12.1 Å². The average Bonchev–Trinajstić information content (AvgIpc) is 2.42. The summed E-state index contributed by atoms with van der Waals surface area (Å²) >= 11 is 0. The largest absolute Gasteiger partial charge is 0.496 e. The highest BCUT2D eigenvalue weighted by atomic mass is 16.5. The van der Waals surface area contributed by atoms with E-state index in [0.29, 0.717) is 12.1 Å². The summed E-state index contributed by atoms with van der Waals surface area (Å²) in [4.78, 5) is 12.1. The van der Waals surface area contributed by atoms with E-state index in [1.807, 2.05) is 0 Å². The fraction of sp³-hybridized carbons (Fsp3) is 0.417. The Labute approximate surface area is 110 Å². The lowest BCUT2D eigenvalue weighted by Gasteiger charge is -2.11. The molecular weight excluding hydrogens is 192 g/mol. The molecule has 0 heterocycles. The number of carbonyl (C=O) groups is 1. The summed E-state index contributed by atoms with van der Waals surface area (Å²) in [5.74, 6) is -3.85. The lowest BCUT2D eigenvalue weighted by atomic mass is 10.1. The van der Waals surface area contributed by atoms with Crippen molar-refractivity contribution in [1.82, 2.24) is 0 Å². The number of carbonyl (C=O) groups excluding carboxylic acids is 1. The van der Waals surface area contributed by atoms with E-state index in [1.165, 1.54) is 0 Å². The normalized spacial score (nSPS) is 28.0. The molecule has 0 aliphatic rings. The molecule has 0 bridgehead atoms. The second kappa shape index (κ2) is 4.82. The molecule has 0 N–H and O–H groups in total. The van der Waals surface area contributed by atoms with Crippen molar-refractivity contribution in [3.63, 3.8) is 0 Å². The van der Waals surface area contributed by atoms with Gasteiger partial charge in [-0.05, 0) is 31.4 Å². The van der Waals surface area contributed by atoms with Gasteiger partial charge in [0.05, 0.1) is 22.3 Å². The van der Waals surface area contributed by atoms with Gasteiger partial charge >= 0.3 is 0 Å². The third-order valence-corrected chi connectivity index (χ3v) is 1.55. The summed E-state index contributed by atoms with van der Waals surface area (Å²) in [6.45, 7) is -6.50. The minimum absolute atomic E-state index is 0.443. The van der Waals surface area contributed by atoms with Crippen LogP contribution in [0.4, 0.5) is 0 Å². The van der Waals surface area contributed by atoms with Crippen molar-refractivity contribution in [3.05, 3.63) is 23.3 Å². The molecule has 0 radical (unpaired) electrons. The smallest absolute Gasteiger partial charge is 0.134 e. The molecule has 0 aliphatic carbocycles. The molecule has 15 heavy (non-hydrogen) atoms. The zero-order valence-electron chi connectivity index (χ0n) is 21.4. The number of hydrogen-bond donors (Lipinski definition) is 0. The van der Waals surface area contributed by atoms with Crippen molar-refractivity contribution in [2.45, 2.75) is 20.1 Å². The van der Waals surface area contributed by atoms with E-state index in [-0.39, 0.29) is 0 Å². The molecule has 3 nitrogen and oxygen atoms in total. The third-order valence-electron chi connectivity index (χ3n) is 1.55. The maximum absolute atomic E-state index is 12.1. The second-order valence-corrected chi connectivity index (χ2v) is 2.50. The zero-order chi connectivity index (χ0) is 23.2. The van der Waals surface area contributed by atoms with Gasteiger partial charge in [0, 0.05) is 22.9 Å². The molecule has 82 valence electrons. The van der Waals surface area contributed by atoms with Crippen LogP contribution in [-0.2, 0) is 11.2 Å². The quantitative estimate of drug-likeness (QED) is 0.783. The number of methoxy groups -OCH3 is 2. The van der Waals surface area contributed by atoms with Crippen molar-refractivity contribution in [1.29, 1.82) is 0 Å². The van der Waals surface area contributed by atoms with Crippen LogP contribution in [-0.4, -0.2) is 19.9 Å². The van der Waals surface area contributed by atoms with Crippen LogP contribution in [0.3, 0.4) is 0 Å². The van der Waals surface area contributed by atoms with E-state index in [9.17, 15) is 4.79 Å². The van der Waals surface area contributed by atoms with Gasteiger partial charge in [0.1, 0.15) is 17.3 Å². The highest BCUT2D eigenvalue weighted by Gasteiger charge is 2.09. The first kappa shape index (κ1) is 2.78. The van der Waals surface area contributed by atoms with Crippen molar-refractivity contribution in [2.24, 2.45) is 0 Å². The van der Waals surface area contributed by atoms with Gasteiger partial charge < -0.3 is 9.47 Å². The van der Waals surface area contributed by atoms with Gasteiger partial charge in [0.15, 0.2) is 0 Å². The van der Waals surface area contributed by atoms with Crippen molar-refractivity contribution in [3.8, 4) is 11.5 Å². The first-order valence-corrected chi connectivity index (χ1v) is 3.68. The SMILES string of the molecule is [2H]C([2H])([2H])Oc1cc(C([2H])([2H])C(=O)C([2H])([2H])[2H])c(OC([2H])([2H])[2H])cc1C([2H])([2H])[2H]. The van der Waals surface area contributed by atoms with Crippen LogP contribution in [0.2, 0.25) is 0 Å². The summed E-state index contributed by atoms with van der Waals surface area (Å²) in [6, 6.07) is 0.930. The van der Waals surface area contributed by atoms with Crippen LogP contribution < -0.4 is 9.47 Å². The molecule has 1 rings (SSSR count). The molecule has 0 saturated heterocycles. The van der Waals surface area contributed by atoms with Gasteiger partial charge in [-0.2, -0.15) is 0 Å². The molecule has 0 atom stereocenters. The predicted molar refractivity (Wildman–Crippen MR) is 58.7 cm³/mol. The van der Waals surface area contributed by atoms with Crippen molar-refractivity contribution < 1.29 is 33.5 Å². The van der Waals surface area contributed by atoms with Crippen molar-refractivity contribution in [2.75, 3.05) is 14.1 Å². The van der Waals surface area contributed by atoms with Crippen molar-refractivity contribution >= 4 is 5.78 Å². The molecule has 1 aromatic rings. The van der Waals surface area contributed by atoms with Gasteiger partial charge in [-0.25, -0.2) is 0 Å². The van der Waals surface area contributed by atoms with Crippen LogP contribution in [0.25, 0.3) is 0 Å². The Morgan fingerprint density at radius 1 is 1.40 bits per heavy atom. The maximum Gasteiger partial charge on any atom is 0.134 e. The summed E-state index contributed by atoms with van der Waals surface area (Å²) in [7, 11) is -6.42. The lowest BCUT2D eigenvalue weighted by molar-refractivity contribution is -0.116. The molecule has 3 heteroatoms.